The van der Waals surface area contributed by atoms with Crippen LogP contribution >= 0.6 is 0 Å². The molecule has 0 bridgehead atoms. The van der Waals surface area contributed by atoms with Gasteiger partial charge in [0.1, 0.15) is 12.2 Å². The summed E-state index contributed by atoms with van der Waals surface area (Å²) in [6, 6.07) is 1.04. The highest BCUT2D eigenvalue weighted by atomic mass is 19.4. The number of piperidine rings is 2. The van der Waals surface area contributed by atoms with E-state index in [2.05, 4.69) is 27.3 Å². The molecular formula is C33H46F3N7O. The van der Waals surface area contributed by atoms with Crippen LogP contribution in [0.4, 0.5) is 13.2 Å². The fourth-order valence-corrected chi connectivity index (χ4v) is 9.08. The molecule has 1 spiro atoms. The SMILES string of the molecule is C[C@H]1CCCN(Cc2cc(C(F)(F)F)c3cn(C4CC([C@@H](c5nncn5C)C5CCC5)CNC45CCCCC5)c(=O)n3c2)C1. The standard InChI is InChI=1S/C33H46F3N7O/c1-22-8-7-13-41(17-22)18-23-14-26(33(34,35)36)27-20-43(31(44)42(27)19-23)28-15-25(16-37-32(28)11-4-3-5-12-32)29(24-9-6-10-24)30-39-38-21-40(30)2/h14,19-22,24-25,28-29,37H,3-13,15-18H2,1-2H3/t22-,25?,28?,29-/m0/s1. The molecule has 0 radical (unpaired) electrons. The lowest BCUT2D eigenvalue weighted by molar-refractivity contribution is -0.136. The van der Waals surface area contributed by atoms with Crippen LogP contribution < -0.4 is 11.0 Å². The number of halogens is 3. The molecule has 5 heterocycles. The van der Waals surface area contributed by atoms with E-state index in [1.165, 1.54) is 23.1 Å². The van der Waals surface area contributed by atoms with Gasteiger partial charge in [0.2, 0.25) is 0 Å². The molecule has 2 saturated carbocycles. The molecule has 4 fully saturated rings. The van der Waals surface area contributed by atoms with Crippen molar-refractivity contribution < 1.29 is 13.2 Å². The van der Waals surface area contributed by atoms with Gasteiger partial charge in [0, 0.05) is 44.0 Å². The molecule has 4 aliphatic rings. The van der Waals surface area contributed by atoms with E-state index in [0.717, 1.165) is 89.7 Å². The Labute approximate surface area is 257 Å². The lowest BCUT2D eigenvalue weighted by atomic mass is 9.64. The minimum Gasteiger partial charge on any atom is -0.320 e. The fourth-order valence-electron chi connectivity index (χ4n) is 9.08. The molecule has 0 amide bonds. The largest absolute Gasteiger partial charge is 0.418 e. The maximum atomic E-state index is 14.6. The number of imidazole rings is 1. The van der Waals surface area contributed by atoms with Gasteiger partial charge in [0.15, 0.2) is 0 Å². The van der Waals surface area contributed by atoms with Crippen molar-refractivity contribution in [3.05, 3.63) is 52.2 Å². The van der Waals surface area contributed by atoms with Crippen molar-refractivity contribution in [3.63, 3.8) is 0 Å². The molecule has 0 aromatic carbocycles. The van der Waals surface area contributed by atoms with Gasteiger partial charge in [-0.3, -0.25) is 13.9 Å². The molecular weight excluding hydrogens is 567 g/mol. The lowest BCUT2D eigenvalue weighted by Crippen LogP contribution is -2.60. The summed E-state index contributed by atoms with van der Waals surface area (Å²) < 4.78 is 48.8. The second-order valence-corrected chi connectivity index (χ2v) is 14.4. The Morgan fingerprint density at radius 2 is 1.86 bits per heavy atom. The first-order chi connectivity index (χ1) is 21.1. The van der Waals surface area contributed by atoms with Crippen LogP contribution in [0.1, 0.15) is 106 Å². The van der Waals surface area contributed by atoms with Crippen LogP contribution in [-0.4, -0.2) is 53.8 Å². The van der Waals surface area contributed by atoms with Crippen molar-refractivity contribution in [3.8, 4) is 0 Å². The van der Waals surface area contributed by atoms with E-state index in [-0.39, 0.29) is 34.6 Å². The fraction of sp³-hybridized carbons (Fsp3) is 0.727. The van der Waals surface area contributed by atoms with E-state index in [4.69, 9.17) is 0 Å². The molecule has 2 unspecified atom stereocenters. The van der Waals surface area contributed by atoms with Crippen molar-refractivity contribution >= 4 is 5.52 Å². The first-order valence-electron chi connectivity index (χ1n) is 16.8. The summed E-state index contributed by atoms with van der Waals surface area (Å²) in [4.78, 5) is 16.5. The molecule has 3 aromatic heterocycles. The van der Waals surface area contributed by atoms with Crippen LogP contribution in [0.25, 0.3) is 5.52 Å². The molecule has 1 N–H and O–H groups in total. The van der Waals surface area contributed by atoms with Crippen molar-refractivity contribution in [1.29, 1.82) is 0 Å². The zero-order valence-electron chi connectivity index (χ0n) is 26.0. The minimum absolute atomic E-state index is 0.0461. The number of rotatable bonds is 6. The molecule has 7 rings (SSSR count). The van der Waals surface area contributed by atoms with Crippen molar-refractivity contribution in [1.82, 2.24) is 33.9 Å². The van der Waals surface area contributed by atoms with Crippen LogP contribution in [0.15, 0.2) is 29.6 Å². The van der Waals surface area contributed by atoms with Gasteiger partial charge in [-0.2, -0.15) is 13.2 Å². The quantitative estimate of drug-likeness (QED) is 0.374. The molecule has 2 saturated heterocycles. The van der Waals surface area contributed by atoms with Gasteiger partial charge in [-0.05, 0) is 87.4 Å². The Hall–Kier alpha value is -2.66. The highest BCUT2D eigenvalue weighted by Crippen LogP contribution is 2.50. The normalized spacial score (nSPS) is 27.5. The van der Waals surface area contributed by atoms with Crippen molar-refractivity contribution in [2.75, 3.05) is 19.6 Å². The first kappa shape index (κ1) is 30.0. The Kier molecular flexibility index (Phi) is 7.92. The van der Waals surface area contributed by atoms with E-state index >= 15 is 0 Å². The van der Waals surface area contributed by atoms with Gasteiger partial charge < -0.3 is 9.88 Å². The molecule has 3 aromatic rings. The maximum Gasteiger partial charge on any atom is 0.418 e. The lowest BCUT2D eigenvalue weighted by Gasteiger charge is -2.52. The number of fused-ring (bicyclic) bond motifs is 1. The third kappa shape index (κ3) is 5.42. The van der Waals surface area contributed by atoms with Crippen LogP contribution in [0.5, 0.6) is 0 Å². The predicted molar refractivity (Wildman–Crippen MR) is 162 cm³/mol. The Morgan fingerprint density at radius 1 is 1.07 bits per heavy atom. The van der Waals surface area contributed by atoms with E-state index in [0.29, 0.717) is 23.9 Å². The summed E-state index contributed by atoms with van der Waals surface area (Å²) in [6.07, 6.45) is 11.9. The molecule has 2 aliphatic carbocycles. The Balaban J connectivity index is 1.30. The minimum atomic E-state index is -4.56. The monoisotopic (exact) mass is 613 g/mol. The van der Waals surface area contributed by atoms with Gasteiger partial charge in [-0.25, -0.2) is 4.79 Å². The number of nitrogens with zero attached hydrogens (tertiary/aromatic N) is 6. The van der Waals surface area contributed by atoms with E-state index in [1.54, 1.807) is 17.1 Å². The third-order valence-electron chi connectivity index (χ3n) is 11.5. The molecule has 44 heavy (non-hydrogen) atoms. The van der Waals surface area contributed by atoms with Gasteiger partial charge in [-0.1, -0.05) is 32.6 Å². The van der Waals surface area contributed by atoms with E-state index in [1.807, 2.05) is 11.6 Å². The van der Waals surface area contributed by atoms with Gasteiger partial charge >= 0.3 is 11.9 Å². The van der Waals surface area contributed by atoms with E-state index in [9.17, 15) is 18.0 Å². The second-order valence-electron chi connectivity index (χ2n) is 14.4. The number of aromatic nitrogens is 5. The average molecular weight is 614 g/mol. The number of alkyl halides is 3. The van der Waals surface area contributed by atoms with Crippen LogP contribution in [0, 0.1) is 17.8 Å². The number of hydrogen-bond donors (Lipinski definition) is 1. The summed E-state index contributed by atoms with van der Waals surface area (Å²) >= 11 is 0. The van der Waals surface area contributed by atoms with Crippen LogP contribution in [0.3, 0.4) is 0 Å². The van der Waals surface area contributed by atoms with Crippen LogP contribution in [-0.2, 0) is 19.8 Å². The zero-order chi connectivity index (χ0) is 30.6. The van der Waals surface area contributed by atoms with Gasteiger partial charge in [0.25, 0.3) is 0 Å². The summed E-state index contributed by atoms with van der Waals surface area (Å²) in [5, 5.41) is 12.7. The number of nitrogens with one attached hydrogen (secondary N) is 1. The number of hydrogen-bond acceptors (Lipinski definition) is 5. The van der Waals surface area contributed by atoms with Gasteiger partial charge in [0.05, 0.1) is 17.1 Å². The Morgan fingerprint density at radius 3 is 2.52 bits per heavy atom. The van der Waals surface area contributed by atoms with Crippen molar-refractivity contribution in [2.45, 2.75) is 108 Å². The van der Waals surface area contributed by atoms with E-state index < -0.39 is 11.7 Å². The predicted octanol–water partition coefficient (Wildman–Crippen LogP) is 5.92. The second kappa shape index (κ2) is 11.6. The smallest absolute Gasteiger partial charge is 0.320 e. The first-order valence-corrected chi connectivity index (χ1v) is 16.8. The molecule has 240 valence electrons. The molecule has 11 heteroatoms. The number of aryl methyl sites for hydroxylation is 1. The number of pyridine rings is 1. The number of likely N-dealkylation sites (tertiary alicyclic amines) is 1. The topological polar surface area (TPSA) is 72.4 Å². The van der Waals surface area contributed by atoms with Crippen LogP contribution in [0.2, 0.25) is 0 Å². The maximum absolute atomic E-state index is 14.6. The summed E-state index contributed by atoms with van der Waals surface area (Å²) in [7, 11) is 1.99. The average Bonchev–Trinajstić information content (AvgIpc) is 3.53. The molecule has 2 aliphatic heterocycles. The Bertz CT molecular complexity index is 1530. The molecule has 4 atom stereocenters. The highest BCUT2D eigenvalue weighted by molar-refractivity contribution is 5.56. The summed E-state index contributed by atoms with van der Waals surface area (Å²) in [5.74, 6) is 2.40. The molecule has 8 nitrogen and oxygen atoms in total. The summed E-state index contributed by atoms with van der Waals surface area (Å²) in [5.41, 5.74) is -0.900. The van der Waals surface area contributed by atoms with Gasteiger partial charge in [-0.15, -0.1) is 10.2 Å². The summed E-state index contributed by atoms with van der Waals surface area (Å²) in [6.45, 7) is 5.15. The van der Waals surface area contributed by atoms with Crippen molar-refractivity contribution in [2.24, 2.45) is 24.8 Å². The zero-order valence-corrected chi connectivity index (χ0v) is 26.0. The highest BCUT2D eigenvalue weighted by Gasteiger charge is 2.49. The third-order valence-corrected chi connectivity index (χ3v) is 11.5.